The minimum absolute atomic E-state index is 0.0138. The number of hydrogen-bond donors (Lipinski definition) is 0. The third kappa shape index (κ3) is 4.46. The van der Waals surface area contributed by atoms with E-state index in [-0.39, 0.29) is 17.9 Å². The van der Waals surface area contributed by atoms with Crippen molar-refractivity contribution in [3.63, 3.8) is 0 Å². The van der Waals surface area contributed by atoms with Gasteiger partial charge in [0.1, 0.15) is 17.5 Å². The van der Waals surface area contributed by atoms with Crippen molar-refractivity contribution < 1.29 is 14.1 Å². The van der Waals surface area contributed by atoms with Gasteiger partial charge in [-0.15, -0.1) is 11.3 Å². The standard InChI is InChI=1S/C23H25N3O3S/c1-25(13-5-10-18-16-19(24-29-18)17-8-3-2-4-9-17)22(27)20-11-6-14-26(20)23(28)21-12-7-15-30-21/h2-4,7-9,12,15-16,20H,5-6,10-11,13-14H2,1H3/t20-/m0/s1. The van der Waals surface area contributed by atoms with E-state index in [9.17, 15) is 9.59 Å². The second-order valence-corrected chi connectivity index (χ2v) is 8.49. The molecule has 156 valence electrons. The molecule has 0 spiro atoms. The van der Waals surface area contributed by atoms with Gasteiger partial charge in [-0.25, -0.2) is 0 Å². The maximum absolute atomic E-state index is 13.0. The fourth-order valence-electron chi connectivity index (χ4n) is 3.84. The molecule has 0 N–H and O–H groups in total. The highest BCUT2D eigenvalue weighted by atomic mass is 32.1. The van der Waals surface area contributed by atoms with Crippen LogP contribution in [-0.4, -0.2) is 52.9 Å². The number of nitrogens with zero attached hydrogens (tertiary/aromatic N) is 3. The highest BCUT2D eigenvalue weighted by Gasteiger charge is 2.36. The summed E-state index contributed by atoms with van der Waals surface area (Å²) in [6.07, 6.45) is 3.07. The molecule has 1 atom stereocenters. The van der Waals surface area contributed by atoms with Crippen LogP contribution in [0.1, 0.15) is 34.7 Å². The lowest BCUT2D eigenvalue weighted by Crippen LogP contribution is -2.46. The Hall–Kier alpha value is -2.93. The van der Waals surface area contributed by atoms with Crippen LogP contribution in [0.2, 0.25) is 0 Å². The fraction of sp³-hybridized carbons (Fsp3) is 0.348. The van der Waals surface area contributed by atoms with E-state index in [1.165, 1.54) is 11.3 Å². The topological polar surface area (TPSA) is 66.7 Å². The number of hydrogen-bond acceptors (Lipinski definition) is 5. The normalized spacial score (nSPS) is 16.0. The third-order valence-corrected chi connectivity index (χ3v) is 6.31. The summed E-state index contributed by atoms with van der Waals surface area (Å²) in [6.45, 7) is 1.25. The molecule has 0 bridgehead atoms. The predicted octanol–water partition coefficient (Wildman–Crippen LogP) is 4.10. The maximum Gasteiger partial charge on any atom is 0.264 e. The Balaban J connectivity index is 1.30. The molecule has 0 radical (unpaired) electrons. The number of likely N-dealkylation sites (N-methyl/N-ethyl adjacent to an activating group) is 1. The number of thiophene rings is 1. The van der Waals surface area contributed by atoms with Gasteiger partial charge in [0.15, 0.2) is 0 Å². The molecule has 30 heavy (non-hydrogen) atoms. The van der Waals surface area contributed by atoms with E-state index in [4.69, 9.17) is 4.52 Å². The summed E-state index contributed by atoms with van der Waals surface area (Å²) in [5, 5.41) is 6.03. The SMILES string of the molecule is CN(CCCc1cc(-c2ccccc2)no1)C(=O)[C@@H]1CCCN1C(=O)c1cccs1. The molecule has 1 aliphatic rings. The van der Waals surface area contributed by atoms with Gasteiger partial charge in [-0.3, -0.25) is 9.59 Å². The Kier molecular flexibility index (Phi) is 6.28. The van der Waals surface area contributed by atoms with Crippen molar-refractivity contribution >= 4 is 23.2 Å². The predicted molar refractivity (Wildman–Crippen MR) is 116 cm³/mol. The van der Waals surface area contributed by atoms with E-state index in [1.807, 2.05) is 61.0 Å². The van der Waals surface area contributed by atoms with Crippen molar-refractivity contribution in [3.8, 4) is 11.3 Å². The second-order valence-electron chi connectivity index (χ2n) is 7.54. The number of carbonyl (C=O) groups excluding carboxylic acids is 2. The molecule has 2 amide bonds. The van der Waals surface area contributed by atoms with Crippen LogP contribution in [0.25, 0.3) is 11.3 Å². The second kappa shape index (κ2) is 9.26. The zero-order valence-electron chi connectivity index (χ0n) is 17.0. The van der Waals surface area contributed by atoms with E-state index in [0.717, 1.165) is 36.3 Å². The van der Waals surface area contributed by atoms with Crippen molar-refractivity contribution in [3.05, 3.63) is 64.5 Å². The first-order valence-corrected chi connectivity index (χ1v) is 11.1. The van der Waals surface area contributed by atoms with Gasteiger partial charge in [0.05, 0.1) is 4.88 Å². The Morgan fingerprint density at radius 1 is 1.23 bits per heavy atom. The average molecular weight is 424 g/mol. The molecule has 0 saturated carbocycles. The number of benzene rings is 1. The highest BCUT2D eigenvalue weighted by Crippen LogP contribution is 2.24. The lowest BCUT2D eigenvalue weighted by Gasteiger charge is -2.27. The quantitative estimate of drug-likeness (QED) is 0.574. The molecule has 3 aromatic rings. The molecular weight excluding hydrogens is 398 g/mol. The van der Waals surface area contributed by atoms with Crippen LogP contribution in [0.15, 0.2) is 58.4 Å². The van der Waals surface area contributed by atoms with Crippen LogP contribution >= 0.6 is 11.3 Å². The Bertz CT molecular complexity index is 984. The fourth-order valence-corrected chi connectivity index (χ4v) is 4.52. The van der Waals surface area contributed by atoms with E-state index < -0.39 is 0 Å². The van der Waals surface area contributed by atoms with E-state index in [0.29, 0.717) is 24.4 Å². The first kappa shape index (κ1) is 20.3. The molecule has 1 aromatic carbocycles. The summed E-state index contributed by atoms with van der Waals surface area (Å²) in [7, 11) is 1.81. The Morgan fingerprint density at radius 3 is 2.83 bits per heavy atom. The number of amides is 2. The number of aryl methyl sites for hydroxylation is 1. The monoisotopic (exact) mass is 423 g/mol. The first-order valence-electron chi connectivity index (χ1n) is 10.2. The van der Waals surface area contributed by atoms with E-state index in [2.05, 4.69) is 5.16 Å². The maximum atomic E-state index is 13.0. The molecule has 6 nitrogen and oxygen atoms in total. The van der Waals surface area contributed by atoms with Crippen LogP contribution in [0, 0.1) is 0 Å². The van der Waals surface area contributed by atoms with Gasteiger partial charge in [0.2, 0.25) is 5.91 Å². The Morgan fingerprint density at radius 2 is 2.07 bits per heavy atom. The van der Waals surface area contributed by atoms with Gasteiger partial charge in [0, 0.05) is 38.2 Å². The average Bonchev–Trinajstić information content (AvgIpc) is 3.55. The molecule has 2 aromatic heterocycles. The van der Waals surface area contributed by atoms with Crippen LogP contribution in [-0.2, 0) is 11.2 Å². The zero-order valence-corrected chi connectivity index (χ0v) is 17.8. The molecule has 7 heteroatoms. The summed E-state index contributed by atoms with van der Waals surface area (Å²) in [4.78, 5) is 29.8. The minimum atomic E-state index is -0.362. The van der Waals surface area contributed by atoms with Gasteiger partial charge >= 0.3 is 0 Å². The molecule has 1 saturated heterocycles. The number of aromatic nitrogens is 1. The zero-order chi connectivity index (χ0) is 20.9. The largest absolute Gasteiger partial charge is 0.361 e. The number of likely N-dealkylation sites (tertiary alicyclic amines) is 1. The van der Waals surface area contributed by atoms with Gasteiger partial charge in [-0.2, -0.15) is 0 Å². The molecule has 0 unspecified atom stereocenters. The van der Waals surface area contributed by atoms with Gasteiger partial charge < -0.3 is 14.3 Å². The van der Waals surface area contributed by atoms with Crippen LogP contribution in [0.5, 0.6) is 0 Å². The van der Waals surface area contributed by atoms with Gasteiger partial charge in [0.25, 0.3) is 5.91 Å². The third-order valence-electron chi connectivity index (χ3n) is 5.45. The minimum Gasteiger partial charge on any atom is -0.361 e. The van der Waals surface area contributed by atoms with E-state index >= 15 is 0 Å². The molecule has 3 heterocycles. The molecule has 1 fully saturated rings. The summed E-state index contributed by atoms with van der Waals surface area (Å²) < 4.78 is 5.45. The lowest BCUT2D eigenvalue weighted by atomic mass is 10.1. The molecular formula is C23H25N3O3S. The van der Waals surface area contributed by atoms with Crippen molar-refractivity contribution in [2.45, 2.75) is 31.7 Å². The smallest absolute Gasteiger partial charge is 0.264 e. The van der Waals surface area contributed by atoms with Gasteiger partial charge in [-0.05, 0) is 30.7 Å². The summed E-state index contributed by atoms with van der Waals surface area (Å²) >= 11 is 1.42. The molecule has 1 aliphatic heterocycles. The van der Waals surface area contributed by atoms with Crippen molar-refractivity contribution in [2.24, 2.45) is 0 Å². The molecule has 0 aliphatic carbocycles. The van der Waals surface area contributed by atoms with E-state index in [1.54, 1.807) is 9.80 Å². The van der Waals surface area contributed by atoms with Crippen molar-refractivity contribution in [1.82, 2.24) is 15.0 Å². The first-order chi connectivity index (χ1) is 14.6. The van der Waals surface area contributed by atoms with Crippen LogP contribution in [0.4, 0.5) is 0 Å². The Labute approximate surface area is 180 Å². The summed E-state index contributed by atoms with van der Waals surface area (Å²) in [6, 6.07) is 15.2. The number of carbonyl (C=O) groups is 2. The molecule has 4 rings (SSSR count). The van der Waals surface area contributed by atoms with Crippen LogP contribution < -0.4 is 0 Å². The highest BCUT2D eigenvalue weighted by molar-refractivity contribution is 7.12. The van der Waals surface area contributed by atoms with Crippen LogP contribution in [0.3, 0.4) is 0 Å². The summed E-state index contributed by atoms with van der Waals surface area (Å²) in [5.41, 5.74) is 1.85. The number of rotatable bonds is 7. The summed E-state index contributed by atoms with van der Waals surface area (Å²) in [5.74, 6) is 0.786. The lowest BCUT2D eigenvalue weighted by molar-refractivity contribution is -0.134. The van der Waals surface area contributed by atoms with Crippen molar-refractivity contribution in [2.75, 3.05) is 20.1 Å². The van der Waals surface area contributed by atoms with Gasteiger partial charge in [-0.1, -0.05) is 41.6 Å². The van der Waals surface area contributed by atoms with Crippen molar-refractivity contribution in [1.29, 1.82) is 0 Å².